The van der Waals surface area contributed by atoms with Crippen molar-refractivity contribution in [3.63, 3.8) is 0 Å². The molecule has 2 amide bonds. The van der Waals surface area contributed by atoms with Crippen LogP contribution in [-0.4, -0.2) is 70.6 Å². The minimum atomic E-state index is -0.192. The fourth-order valence-electron chi connectivity index (χ4n) is 2.87. The van der Waals surface area contributed by atoms with E-state index in [-0.39, 0.29) is 18.2 Å². The van der Waals surface area contributed by atoms with Crippen LogP contribution in [0.15, 0.2) is 23.1 Å². The van der Waals surface area contributed by atoms with Crippen molar-refractivity contribution in [2.45, 2.75) is 6.42 Å². The SMILES string of the molecule is CN1CCN(C(=O)CCN2C(=O)/C(=C\c3ccc(Cl)cc3Cl)SC2=S)CC1. The van der Waals surface area contributed by atoms with Gasteiger partial charge in [0.2, 0.25) is 5.91 Å². The van der Waals surface area contributed by atoms with Crippen LogP contribution < -0.4 is 0 Å². The number of hydrogen-bond acceptors (Lipinski definition) is 5. The highest BCUT2D eigenvalue weighted by Crippen LogP contribution is 2.34. The molecule has 9 heteroatoms. The third kappa shape index (κ3) is 5.03. The molecule has 0 N–H and O–H groups in total. The van der Waals surface area contributed by atoms with Gasteiger partial charge in [-0.3, -0.25) is 14.5 Å². The van der Waals surface area contributed by atoms with Crippen LogP contribution in [-0.2, 0) is 9.59 Å². The zero-order valence-corrected chi connectivity index (χ0v) is 17.9. The van der Waals surface area contributed by atoms with Crippen molar-refractivity contribution < 1.29 is 9.59 Å². The minimum absolute atomic E-state index is 0.0573. The third-order valence-corrected chi connectivity index (χ3v) is 6.47. The van der Waals surface area contributed by atoms with Gasteiger partial charge in [-0.25, -0.2) is 0 Å². The number of likely N-dealkylation sites (N-methyl/N-ethyl adjacent to an activating group) is 1. The summed E-state index contributed by atoms with van der Waals surface area (Å²) in [7, 11) is 2.04. The van der Waals surface area contributed by atoms with Crippen LogP contribution >= 0.6 is 47.2 Å². The standard InChI is InChI=1S/C18H19Cl2N3O2S2/c1-21-6-8-22(9-7-21)16(24)4-5-23-17(25)15(27-18(23)26)10-12-2-3-13(19)11-14(12)20/h2-3,10-11H,4-9H2,1H3/b15-10+. The first-order chi connectivity index (χ1) is 12.8. The van der Waals surface area contributed by atoms with Crippen molar-refractivity contribution >= 4 is 69.4 Å². The van der Waals surface area contributed by atoms with Crippen LogP contribution in [0.25, 0.3) is 6.08 Å². The van der Waals surface area contributed by atoms with Gasteiger partial charge in [0, 0.05) is 49.2 Å². The predicted octanol–water partition coefficient (Wildman–Crippen LogP) is 3.36. The molecular formula is C18H19Cl2N3O2S2. The summed E-state index contributed by atoms with van der Waals surface area (Å²) >= 11 is 18.6. The van der Waals surface area contributed by atoms with E-state index in [1.54, 1.807) is 24.3 Å². The number of rotatable bonds is 4. The van der Waals surface area contributed by atoms with E-state index >= 15 is 0 Å². The Balaban J connectivity index is 1.62. The fourth-order valence-corrected chi connectivity index (χ4v) is 4.64. The number of carbonyl (C=O) groups is 2. The maximum absolute atomic E-state index is 12.7. The van der Waals surface area contributed by atoms with Crippen molar-refractivity contribution in [3.05, 3.63) is 38.7 Å². The van der Waals surface area contributed by atoms with E-state index in [1.165, 1.54) is 16.7 Å². The summed E-state index contributed by atoms with van der Waals surface area (Å²) in [6.07, 6.45) is 1.98. The second-order valence-electron chi connectivity index (χ2n) is 6.43. The zero-order valence-electron chi connectivity index (χ0n) is 14.8. The van der Waals surface area contributed by atoms with Gasteiger partial charge in [-0.15, -0.1) is 0 Å². The molecule has 1 aromatic carbocycles. The molecular weight excluding hydrogens is 425 g/mol. The molecule has 2 heterocycles. The number of amides is 2. The van der Waals surface area contributed by atoms with Gasteiger partial charge in [0.05, 0.1) is 4.91 Å². The average molecular weight is 444 g/mol. The Morgan fingerprint density at radius 3 is 2.63 bits per heavy atom. The van der Waals surface area contributed by atoms with Crippen molar-refractivity contribution in [3.8, 4) is 0 Å². The first-order valence-electron chi connectivity index (χ1n) is 8.52. The lowest BCUT2D eigenvalue weighted by atomic mass is 10.2. The maximum atomic E-state index is 12.7. The van der Waals surface area contributed by atoms with E-state index in [2.05, 4.69) is 4.90 Å². The zero-order chi connectivity index (χ0) is 19.6. The van der Waals surface area contributed by atoms with E-state index in [0.29, 0.717) is 31.4 Å². The van der Waals surface area contributed by atoms with E-state index in [1.807, 2.05) is 11.9 Å². The molecule has 0 spiro atoms. The summed E-state index contributed by atoms with van der Waals surface area (Å²) in [5.41, 5.74) is 0.704. The van der Waals surface area contributed by atoms with Crippen molar-refractivity contribution in [2.75, 3.05) is 39.8 Å². The van der Waals surface area contributed by atoms with Crippen molar-refractivity contribution in [1.82, 2.24) is 14.7 Å². The summed E-state index contributed by atoms with van der Waals surface area (Å²) < 4.78 is 0.461. The second-order valence-corrected chi connectivity index (χ2v) is 8.95. The summed E-state index contributed by atoms with van der Waals surface area (Å²) in [5.74, 6) is -0.135. The Kier molecular flexibility index (Phi) is 6.81. The number of nitrogens with zero attached hydrogens (tertiary/aromatic N) is 3. The minimum Gasteiger partial charge on any atom is -0.340 e. The monoisotopic (exact) mass is 443 g/mol. The Bertz CT molecular complexity index is 808. The van der Waals surface area contributed by atoms with Gasteiger partial charge in [-0.05, 0) is 30.8 Å². The van der Waals surface area contributed by atoms with Crippen LogP contribution in [0.1, 0.15) is 12.0 Å². The molecule has 2 fully saturated rings. The Hall–Kier alpha value is -1.12. The molecule has 0 radical (unpaired) electrons. The van der Waals surface area contributed by atoms with Crippen LogP contribution in [0.2, 0.25) is 10.0 Å². The predicted molar refractivity (Wildman–Crippen MR) is 115 cm³/mol. The number of thiocarbonyl (C=S) groups is 1. The molecule has 0 saturated carbocycles. The molecule has 0 aromatic heterocycles. The molecule has 0 bridgehead atoms. The molecule has 0 aliphatic carbocycles. The molecule has 0 unspecified atom stereocenters. The first-order valence-corrected chi connectivity index (χ1v) is 10.5. The Morgan fingerprint density at radius 2 is 1.96 bits per heavy atom. The molecule has 2 aliphatic rings. The number of hydrogen-bond donors (Lipinski definition) is 0. The highest BCUT2D eigenvalue weighted by atomic mass is 35.5. The molecule has 2 aliphatic heterocycles. The van der Waals surface area contributed by atoms with E-state index in [4.69, 9.17) is 35.4 Å². The smallest absolute Gasteiger partial charge is 0.266 e. The highest BCUT2D eigenvalue weighted by Gasteiger charge is 2.32. The molecule has 1 aromatic rings. The Morgan fingerprint density at radius 1 is 1.26 bits per heavy atom. The number of thioether (sulfide) groups is 1. The summed E-state index contributed by atoms with van der Waals surface area (Å²) in [6, 6.07) is 5.10. The van der Waals surface area contributed by atoms with Crippen LogP contribution in [0, 0.1) is 0 Å². The summed E-state index contributed by atoms with van der Waals surface area (Å²) in [6.45, 7) is 3.49. The highest BCUT2D eigenvalue weighted by molar-refractivity contribution is 8.26. The molecule has 5 nitrogen and oxygen atoms in total. The lowest BCUT2D eigenvalue weighted by molar-refractivity contribution is -0.133. The normalized spacial score (nSPS) is 20.0. The molecule has 144 valence electrons. The topological polar surface area (TPSA) is 43.9 Å². The molecule has 27 heavy (non-hydrogen) atoms. The van der Waals surface area contributed by atoms with Crippen LogP contribution in [0.3, 0.4) is 0 Å². The van der Waals surface area contributed by atoms with Gasteiger partial charge in [-0.2, -0.15) is 0 Å². The number of benzene rings is 1. The molecule has 2 saturated heterocycles. The van der Waals surface area contributed by atoms with Gasteiger partial charge in [-0.1, -0.05) is 53.2 Å². The van der Waals surface area contributed by atoms with Gasteiger partial charge >= 0.3 is 0 Å². The lowest BCUT2D eigenvalue weighted by Gasteiger charge is -2.32. The third-order valence-electron chi connectivity index (χ3n) is 4.53. The van der Waals surface area contributed by atoms with Gasteiger partial charge in [0.15, 0.2) is 0 Å². The number of piperazine rings is 1. The number of halogens is 2. The summed E-state index contributed by atoms with van der Waals surface area (Å²) in [4.78, 5) is 31.1. The largest absolute Gasteiger partial charge is 0.340 e. The van der Waals surface area contributed by atoms with E-state index in [9.17, 15) is 9.59 Å². The molecule has 3 rings (SSSR count). The average Bonchev–Trinajstić information content (AvgIpc) is 2.89. The van der Waals surface area contributed by atoms with Gasteiger partial charge in [0.25, 0.3) is 5.91 Å². The first kappa shape index (κ1) is 20.6. The van der Waals surface area contributed by atoms with E-state index in [0.717, 1.165) is 26.2 Å². The maximum Gasteiger partial charge on any atom is 0.266 e. The van der Waals surface area contributed by atoms with Gasteiger partial charge in [0.1, 0.15) is 4.32 Å². The lowest BCUT2D eigenvalue weighted by Crippen LogP contribution is -2.47. The second kappa shape index (κ2) is 8.92. The van der Waals surface area contributed by atoms with Crippen LogP contribution in [0.5, 0.6) is 0 Å². The summed E-state index contributed by atoms with van der Waals surface area (Å²) in [5, 5.41) is 1.00. The van der Waals surface area contributed by atoms with Crippen molar-refractivity contribution in [1.29, 1.82) is 0 Å². The van der Waals surface area contributed by atoms with Crippen molar-refractivity contribution in [2.24, 2.45) is 0 Å². The quantitative estimate of drug-likeness (QED) is 0.527. The van der Waals surface area contributed by atoms with Crippen LogP contribution in [0.4, 0.5) is 0 Å². The van der Waals surface area contributed by atoms with Gasteiger partial charge < -0.3 is 9.80 Å². The molecule has 0 atom stereocenters. The number of carbonyl (C=O) groups excluding carboxylic acids is 2. The Labute approximate surface area is 178 Å². The fraction of sp³-hybridized carbons (Fsp3) is 0.389. The van der Waals surface area contributed by atoms with E-state index < -0.39 is 0 Å².